The molecule has 1 spiro atoms. The quantitative estimate of drug-likeness (QED) is 0.290. The number of allylic oxidation sites excluding steroid dienone is 2. The van der Waals surface area contributed by atoms with Crippen molar-refractivity contribution in [2.75, 3.05) is 13.2 Å². The zero-order valence-electron chi connectivity index (χ0n) is 23.0. The average molecular weight is 503 g/mol. The van der Waals surface area contributed by atoms with Gasteiger partial charge in [-0.1, -0.05) is 32.1 Å². The van der Waals surface area contributed by atoms with Gasteiger partial charge < -0.3 is 24.1 Å². The van der Waals surface area contributed by atoms with E-state index >= 15 is 0 Å². The van der Waals surface area contributed by atoms with Crippen LogP contribution in [0, 0.1) is 23.2 Å². The van der Waals surface area contributed by atoms with Crippen LogP contribution in [0.25, 0.3) is 0 Å². The zero-order valence-corrected chi connectivity index (χ0v) is 23.0. The first kappa shape index (κ1) is 26.4. The highest BCUT2D eigenvalue weighted by Gasteiger charge is 2.71. The van der Waals surface area contributed by atoms with E-state index in [-0.39, 0.29) is 11.4 Å². The second kappa shape index (κ2) is 8.93. The summed E-state index contributed by atoms with van der Waals surface area (Å²) in [5, 5.41) is 11.2. The van der Waals surface area contributed by atoms with Crippen LogP contribution in [0.15, 0.2) is 23.8 Å². The molecule has 6 heteroatoms. The van der Waals surface area contributed by atoms with Crippen LogP contribution in [0.2, 0.25) is 0 Å². The number of aliphatic hydroxyl groups is 1. The molecule has 2 unspecified atom stereocenters. The number of cyclic esters (lactones) is 1. The van der Waals surface area contributed by atoms with E-state index in [1.807, 2.05) is 13.8 Å². The molecule has 0 amide bonds. The summed E-state index contributed by atoms with van der Waals surface area (Å²) >= 11 is 0. The molecule has 5 saturated heterocycles. The van der Waals surface area contributed by atoms with Crippen molar-refractivity contribution in [3.05, 3.63) is 23.8 Å². The predicted octanol–water partition coefficient (Wildman–Crippen LogP) is 5.83. The summed E-state index contributed by atoms with van der Waals surface area (Å²) in [5.41, 5.74) is 1.00. The minimum Gasteiger partial charge on any atom is -0.462 e. The first-order chi connectivity index (χ1) is 16.8. The minimum atomic E-state index is -1.30. The van der Waals surface area contributed by atoms with E-state index in [1.54, 1.807) is 0 Å². The molecule has 6 rings (SSSR count). The van der Waals surface area contributed by atoms with Crippen LogP contribution in [-0.2, 0) is 23.7 Å². The van der Waals surface area contributed by atoms with Crippen molar-refractivity contribution >= 4 is 5.97 Å². The maximum atomic E-state index is 11.9. The molecule has 1 aliphatic carbocycles. The third-order valence-corrected chi connectivity index (χ3v) is 10.6. The predicted molar refractivity (Wildman–Crippen MR) is 137 cm³/mol. The number of fused-ring (bicyclic) bond motifs is 2. The topological polar surface area (TPSA) is 74.2 Å². The Labute approximate surface area is 216 Å². The van der Waals surface area contributed by atoms with Gasteiger partial charge in [0.25, 0.3) is 0 Å². The van der Waals surface area contributed by atoms with Gasteiger partial charge in [-0.2, -0.15) is 0 Å². The molecule has 2 bridgehead atoms. The third-order valence-electron chi connectivity index (χ3n) is 10.6. The van der Waals surface area contributed by atoms with Gasteiger partial charge in [-0.3, -0.25) is 0 Å². The number of hydrogen-bond donors (Lipinski definition) is 1. The van der Waals surface area contributed by atoms with Crippen molar-refractivity contribution in [1.29, 1.82) is 0 Å². The summed E-state index contributed by atoms with van der Waals surface area (Å²) < 4.78 is 24.4. The second-order valence-corrected chi connectivity index (χ2v) is 13.4. The molecule has 0 radical (unpaired) electrons. The van der Waals surface area contributed by atoms with Crippen LogP contribution in [0.5, 0.6) is 0 Å². The summed E-state index contributed by atoms with van der Waals surface area (Å²) in [6, 6.07) is 0. The lowest BCUT2D eigenvalue weighted by molar-refractivity contribution is -0.522. The van der Waals surface area contributed by atoms with Gasteiger partial charge in [-0.05, 0) is 88.9 Å². The Morgan fingerprint density at radius 3 is 2.44 bits per heavy atom. The van der Waals surface area contributed by atoms with Crippen molar-refractivity contribution in [3.8, 4) is 0 Å². The summed E-state index contributed by atoms with van der Waals surface area (Å²) in [5.74, 6) is -0.816. The Morgan fingerprint density at radius 1 is 1.03 bits per heavy atom. The molecule has 5 aliphatic heterocycles. The van der Waals surface area contributed by atoms with E-state index in [0.29, 0.717) is 37.4 Å². The first-order valence-corrected chi connectivity index (χ1v) is 14.1. The molecule has 5 heterocycles. The zero-order chi connectivity index (χ0) is 26.0. The van der Waals surface area contributed by atoms with Gasteiger partial charge >= 0.3 is 5.97 Å². The molecular weight excluding hydrogens is 456 g/mol. The fourth-order valence-corrected chi connectivity index (χ4v) is 7.79. The molecule has 6 fully saturated rings. The average Bonchev–Trinajstić information content (AvgIpc) is 3.20. The molecule has 0 aromatic rings. The summed E-state index contributed by atoms with van der Waals surface area (Å²) in [7, 11) is 0. The monoisotopic (exact) mass is 502 g/mol. The Bertz CT molecular complexity index is 926. The molecule has 1 N–H and O–H groups in total. The first-order valence-electron chi connectivity index (χ1n) is 14.1. The highest BCUT2D eigenvalue weighted by molar-refractivity contribution is 5.90. The maximum absolute atomic E-state index is 11.9. The lowest BCUT2D eigenvalue weighted by Gasteiger charge is -2.66. The largest absolute Gasteiger partial charge is 0.462 e. The molecular formula is C30H46O6. The van der Waals surface area contributed by atoms with E-state index in [1.165, 1.54) is 18.4 Å². The molecule has 36 heavy (non-hydrogen) atoms. The second-order valence-electron chi connectivity index (χ2n) is 13.4. The highest BCUT2D eigenvalue weighted by atomic mass is 16.8. The smallest absolute Gasteiger partial charge is 0.333 e. The van der Waals surface area contributed by atoms with Crippen LogP contribution in [0.1, 0.15) is 98.8 Å². The molecule has 6 nitrogen and oxygen atoms in total. The number of rotatable bonds is 5. The number of esters is 1. The van der Waals surface area contributed by atoms with E-state index in [2.05, 4.69) is 33.4 Å². The van der Waals surface area contributed by atoms with Crippen molar-refractivity contribution < 1.29 is 28.8 Å². The van der Waals surface area contributed by atoms with Gasteiger partial charge in [-0.15, -0.1) is 0 Å². The van der Waals surface area contributed by atoms with Crippen LogP contribution < -0.4 is 0 Å². The summed E-state index contributed by atoms with van der Waals surface area (Å²) in [6.45, 7) is 16.3. The fraction of sp³-hybridized carbons (Fsp3) is 0.833. The molecule has 0 aromatic heterocycles. The SMILES string of the molecule is C=C1CC[C@@H](CC[C@H]2CCC3(OC2)O[C@@]2(O)CC[C@]3(C)OC2(C)C)C(C)(C)C1C/C=C1/CCOC1=O. The van der Waals surface area contributed by atoms with Crippen LogP contribution in [-0.4, -0.2) is 47.1 Å². The highest BCUT2D eigenvalue weighted by Crippen LogP contribution is 2.59. The Hall–Kier alpha value is -1.21. The number of carbonyl (C=O) groups is 1. The fourth-order valence-electron chi connectivity index (χ4n) is 7.79. The normalized spacial score (nSPS) is 44.8. The molecule has 6 atom stereocenters. The molecule has 202 valence electrons. The lowest BCUT2D eigenvalue weighted by Crippen LogP contribution is -2.78. The van der Waals surface area contributed by atoms with Gasteiger partial charge in [0.05, 0.1) is 13.2 Å². The van der Waals surface area contributed by atoms with Gasteiger partial charge in [0.1, 0.15) is 11.2 Å². The molecule has 6 aliphatic rings. The Kier molecular flexibility index (Phi) is 6.55. The van der Waals surface area contributed by atoms with Gasteiger partial charge in [0.15, 0.2) is 5.79 Å². The molecule has 0 aromatic carbocycles. The van der Waals surface area contributed by atoms with Crippen molar-refractivity contribution in [3.63, 3.8) is 0 Å². The van der Waals surface area contributed by atoms with E-state index in [0.717, 1.165) is 50.5 Å². The van der Waals surface area contributed by atoms with Gasteiger partial charge in [0.2, 0.25) is 5.79 Å². The number of hydrogen-bond acceptors (Lipinski definition) is 6. The standard InChI is InChI=1S/C30H46O6/c1-20-7-10-23(26(2,3)24(20)12-9-22-14-18-33-25(22)31)11-8-21-13-15-30(34-19-21)28(6)16-17-29(32,36-30)27(4,5)35-28/h9,21,23-24,32H,1,7-8,10-19H2,2-6H3/b22-9-/t21-,23-,24?,28-,29-,30?/m0/s1. The Balaban J connectivity index is 1.18. The van der Waals surface area contributed by atoms with Gasteiger partial charge in [0, 0.05) is 24.8 Å². The maximum Gasteiger partial charge on any atom is 0.333 e. The van der Waals surface area contributed by atoms with Crippen molar-refractivity contribution in [2.45, 2.75) is 122 Å². The van der Waals surface area contributed by atoms with E-state index < -0.39 is 22.8 Å². The number of ether oxygens (including phenoxy) is 4. The van der Waals surface area contributed by atoms with Crippen molar-refractivity contribution in [1.82, 2.24) is 0 Å². The van der Waals surface area contributed by atoms with Gasteiger partial charge in [-0.25, -0.2) is 4.79 Å². The van der Waals surface area contributed by atoms with Crippen LogP contribution in [0.4, 0.5) is 0 Å². The number of carbonyl (C=O) groups excluding carboxylic acids is 1. The molecule has 1 saturated carbocycles. The Morgan fingerprint density at radius 2 is 1.81 bits per heavy atom. The van der Waals surface area contributed by atoms with Crippen LogP contribution in [0.3, 0.4) is 0 Å². The van der Waals surface area contributed by atoms with Crippen molar-refractivity contribution in [2.24, 2.45) is 23.2 Å². The lowest BCUT2D eigenvalue weighted by atomic mass is 9.58. The summed E-state index contributed by atoms with van der Waals surface area (Å²) in [4.78, 5) is 11.9. The summed E-state index contributed by atoms with van der Waals surface area (Å²) in [6.07, 6.45) is 11.3. The van der Waals surface area contributed by atoms with E-state index in [4.69, 9.17) is 18.9 Å². The van der Waals surface area contributed by atoms with Crippen LogP contribution >= 0.6 is 0 Å². The minimum absolute atomic E-state index is 0.132. The van der Waals surface area contributed by atoms with E-state index in [9.17, 15) is 9.90 Å². The third kappa shape index (κ3) is 4.20.